The molecule has 0 aliphatic heterocycles. The van der Waals surface area contributed by atoms with Crippen LogP contribution in [0.25, 0.3) is 0 Å². The van der Waals surface area contributed by atoms with Gasteiger partial charge in [-0.05, 0) is 45.4 Å². The Morgan fingerprint density at radius 3 is 2.10 bits per heavy atom. The van der Waals surface area contributed by atoms with Crippen molar-refractivity contribution in [2.45, 2.75) is 105 Å². The Morgan fingerprint density at radius 2 is 1.67 bits per heavy atom. The molecule has 1 aliphatic carbocycles. The van der Waals surface area contributed by atoms with E-state index < -0.39 is 23.5 Å². The molecule has 7 nitrogen and oxygen atoms in total. The van der Waals surface area contributed by atoms with E-state index in [2.05, 4.69) is 5.32 Å². The van der Waals surface area contributed by atoms with Crippen LogP contribution in [-0.4, -0.2) is 59.6 Å². The zero-order chi connectivity index (χ0) is 23.5. The first-order valence-electron chi connectivity index (χ1n) is 11.4. The van der Waals surface area contributed by atoms with Gasteiger partial charge in [-0.1, -0.05) is 47.0 Å². The van der Waals surface area contributed by atoms with Gasteiger partial charge in [0.15, 0.2) is 0 Å². The summed E-state index contributed by atoms with van der Waals surface area (Å²) in [6.07, 6.45) is 5.67. The van der Waals surface area contributed by atoms with Crippen LogP contribution in [-0.2, 0) is 19.1 Å². The van der Waals surface area contributed by atoms with Crippen LogP contribution in [0.5, 0.6) is 0 Å². The fraction of sp³-hybridized carbons (Fsp3) is 0.913. The van der Waals surface area contributed by atoms with Gasteiger partial charge in [0, 0.05) is 14.9 Å². The van der Waals surface area contributed by atoms with Crippen LogP contribution in [0.3, 0.4) is 0 Å². The van der Waals surface area contributed by atoms with Crippen molar-refractivity contribution < 1.29 is 25.6 Å². The van der Waals surface area contributed by atoms with Crippen molar-refractivity contribution in [3.05, 3.63) is 0 Å². The molecule has 2 N–H and O–H groups in total. The average Bonchev–Trinajstić information content (AvgIpc) is 2.65. The molecule has 0 saturated heterocycles. The number of rotatable bonds is 9. The molecule has 0 aromatic carbocycles. The molecule has 0 radical (unpaired) electrons. The van der Waals surface area contributed by atoms with Crippen LogP contribution >= 0.6 is 0 Å². The Balaban J connectivity index is 0. The number of carbonyl (C=O) groups is 2. The summed E-state index contributed by atoms with van der Waals surface area (Å²) in [5.74, 6) is -2.05. The molecule has 1 amide bonds. The average molecular weight is 433 g/mol. The second-order valence-electron chi connectivity index (χ2n) is 9.36. The minimum Gasteiger partial charge on any atom is -0.468 e. The lowest BCUT2D eigenvalue weighted by atomic mass is 9.88. The summed E-state index contributed by atoms with van der Waals surface area (Å²) < 4.78 is 10.5. The maximum atomic E-state index is 13.3. The predicted octanol–water partition coefficient (Wildman–Crippen LogP) is 3.94. The molecule has 30 heavy (non-hydrogen) atoms. The first-order valence-corrected chi connectivity index (χ1v) is 11.4. The van der Waals surface area contributed by atoms with Crippen LogP contribution in [0.15, 0.2) is 0 Å². The summed E-state index contributed by atoms with van der Waals surface area (Å²) in [5, 5.41) is 13.6. The topological polar surface area (TPSA) is 88.1 Å². The van der Waals surface area contributed by atoms with Gasteiger partial charge in [-0.3, -0.25) is 14.9 Å². The van der Waals surface area contributed by atoms with Crippen LogP contribution < -0.4 is 5.32 Å². The third-order valence-corrected chi connectivity index (χ3v) is 4.92. The molecule has 7 heteroatoms. The van der Waals surface area contributed by atoms with Crippen LogP contribution in [0.2, 0.25) is 0 Å². The Bertz CT molecular complexity index is 515. The van der Waals surface area contributed by atoms with Gasteiger partial charge < -0.3 is 19.5 Å². The number of aliphatic hydroxyl groups is 1. The van der Waals surface area contributed by atoms with E-state index in [-0.39, 0.29) is 19.8 Å². The first kappa shape index (κ1) is 28.8. The number of amides is 1. The molecular weight excluding hydrogens is 384 g/mol. The lowest BCUT2D eigenvalue weighted by molar-refractivity contribution is -0.264. The Labute approximate surface area is 185 Å². The van der Waals surface area contributed by atoms with Gasteiger partial charge in [0.05, 0.1) is 18.8 Å². The van der Waals surface area contributed by atoms with Crippen molar-refractivity contribution in [3.63, 3.8) is 0 Å². The number of hydrogen-bond acceptors (Lipinski definition) is 6. The second-order valence-corrected chi connectivity index (χ2v) is 9.36. The normalized spacial score (nSPS) is 18.1. The number of nitrogens with zero attached hydrogens (tertiary/aromatic N) is 1. The number of ether oxygens (including phenoxy) is 2. The van der Waals surface area contributed by atoms with Crippen LogP contribution in [0.1, 0.15) is 88.9 Å². The van der Waals surface area contributed by atoms with Gasteiger partial charge in [0.2, 0.25) is 11.8 Å². The largest absolute Gasteiger partial charge is 0.468 e. The molecule has 1 rings (SSSR count). The summed E-state index contributed by atoms with van der Waals surface area (Å²) in [6.45, 7) is 15.2. The third kappa shape index (κ3) is 11.3. The zero-order valence-electron chi connectivity index (χ0n) is 20.7. The highest BCUT2D eigenvalue weighted by Gasteiger charge is 2.37. The van der Waals surface area contributed by atoms with Gasteiger partial charge in [0.1, 0.15) is 6.54 Å². The summed E-state index contributed by atoms with van der Waals surface area (Å²) in [5.41, 5.74) is -0.588. The number of methoxy groups -OCH3 is 1. The molecule has 2 atom stereocenters. The van der Waals surface area contributed by atoms with Gasteiger partial charge in [0.25, 0.3) is 0 Å². The van der Waals surface area contributed by atoms with Gasteiger partial charge in [-0.25, -0.2) is 0 Å². The molecule has 0 bridgehead atoms. The number of hydrogen-bond donors (Lipinski definition) is 2. The lowest BCUT2D eigenvalue weighted by Crippen LogP contribution is -2.60. The van der Waals surface area contributed by atoms with Crippen molar-refractivity contribution in [1.82, 2.24) is 10.2 Å². The maximum absolute atomic E-state index is 13.3. The highest BCUT2D eigenvalue weighted by atomic mass is 16.7. The predicted molar refractivity (Wildman–Crippen MR) is 122 cm³/mol. The maximum Gasteiger partial charge on any atom is 0.325 e. The molecule has 0 heterocycles. The monoisotopic (exact) mass is 432 g/mol. The standard InChI is InChI=1S/C21H40N2O5.C2H6.H2/c1-15(2)18(22-21(6,26)28-20(3,4)5)19(25)23(14-17(24)27-7)13-16-11-9-8-10-12-16;1-2;/h15-16,18,22,26H,8-14H2,1-7H3;1-2H3;1H/t18-,21?;;/m0../s1. The van der Waals surface area contributed by atoms with E-state index in [1.165, 1.54) is 20.5 Å². The fourth-order valence-corrected chi connectivity index (χ4v) is 3.76. The Morgan fingerprint density at radius 1 is 1.13 bits per heavy atom. The molecule has 1 unspecified atom stereocenters. The lowest BCUT2D eigenvalue weighted by Gasteiger charge is -2.38. The SMILES string of the molecule is CC.COC(=O)CN(CC1CCCCC1)C(=O)[C@@H](NC(C)(O)OC(C)(C)C)C(C)C.[HH]. The van der Waals surface area contributed by atoms with Gasteiger partial charge >= 0.3 is 5.97 Å². The van der Waals surface area contributed by atoms with Crippen molar-refractivity contribution in [3.8, 4) is 0 Å². The molecule has 1 aliphatic rings. The zero-order valence-corrected chi connectivity index (χ0v) is 20.7. The molecule has 0 spiro atoms. The van der Waals surface area contributed by atoms with Crippen molar-refractivity contribution in [1.29, 1.82) is 0 Å². The quantitative estimate of drug-likeness (QED) is 0.424. The van der Waals surface area contributed by atoms with Crippen molar-refractivity contribution in [2.75, 3.05) is 20.2 Å². The second kappa shape index (κ2) is 13.3. The van der Waals surface area contributed by atoms with E-state index in [4.69, 9.17) is 9.47 Å². The summed E-state index contributed by atoms with van der Waals surface area (Å²) in [6, 6.07) is -0.689. The fourth-order valence-electron chi connectivity index (χ4n) is 3.76. The van der Waals surface area contributed by atoms with E-state index in [1.807, 2.05) is 48.5 Å². The first-order chi connectivity index (χ1) is 13.8. The molecule has 0 aromatic rings. The van der Waals surface area contributed by atoms with E-state index in [0.29, 0.717) is 12.5 Å². The van der Waals surface area contributed by atoms with E-state index in [0.717, 1.165) is 25.7 Å². The summed E-state index contributed by atoms with van der Waals surface area (Å²) in [4.78, 5) is 26.8. The highest BCUT2D eigenvalue weighted by Crippen LogP contribution is 2.25. The summed E-state index contributed by atoms with van der Waals surface area (Å²) >= 11 is 0. The molecular formula is C23H48N2O5. The Hall–Kier alpha value is -1.18. The van der Waals surface area contributed by atoms with Gasteiger partial charge in [-0.2, -0.15) is 0 Å². The van der Waals surface area contributed by atoms with E-state index in [9.17, 15) is 14.7 Å². The van der Waals surface area contributed by atoms with E-state index >= 15 is 0 Å². The Kier molecular flexibility index (Phi) is 12.8. The van der Waals surface area contributed by atoms with Crippen LogP contribution in [0, 0.1) is 11.8 Å². The molecule has 0 aromatic heterocycles. The van der Waals surface area contributed by atoms with E-state index in [1.54, 1.807) is 4.90 Å². The molecule has 1 saturated carbocycles. The van der Waals surface area contributed by atoms with Crippen molar-refractivity contribution in [2.24, 2.45) is 11.8 Å². The molecule has 1 fully saturated rings. The minimum absolute atomic E-state index is 0. The highest BCUT2D eigenvalue weighted by molar-refractivity contribution is 5.86. The summed E-state index contributed by atoms with van der Waals surface area (Å²) in [7, 11) is 1.33. The number of carbonyl (C=O) groups excluding carboxylic acids is 2. The van der Waals surface area contributed by atoms with Gasteiger partial charge in [-0.15, -0.1) is 0 Å². The van der Waals surface area contributed by atoms with Crippen molar-refractivity contribution >= 4 is 11.9 Å². The number of nitrogens with one attached hydrogen (secondary N) is 1. The minimum atomic E-state index is -1.68. The number of esters is 1. The molecule has 180 valence electrons. The smallest absolute Gasteiger partial charge is 0.325 e. The van der Waals surface area contributed by atoms with Crippen LogP contribution in [0.4, 0.5) is 0 Å². The third-order valence-electron chi connectivity index (χ3n) is 4.92.